The predicted molar refractivity (Wildman–Crippen MR) is 96.8 cm³/mol. The maximum absolute atomic E-state index is 8.94. The summed E-state index contributed by atoms with van der Waals surface area (Å²) >= 11 is 2.11. The Balaban J connectivity index is 2.74. The average molecular weight is 402 g/mol. The molecule has 1 rings (SSSR count). The molecule has 0 atom stereocenters. The number of nitrogens with zero attached hydrogens (tertiary/aromatic N) is 4. The first-order valence-electron chi connectivity index (χ1n) is 6.57. The van der Waals surface area contributed by atoms with Gasteiger partial charge in [-0.1, -0.05) is 34.4 Å². The molecule has 0 aromatic carbocycles. The summed E-state index contributed by atoms with van der Waals surface area (Å²) in [5.74, 6) is 5.65. The molecule has 0 unspecified atom stereocenters. The Labute approximate surface area is 145 Å². The second-order valence-corrected chi connectivity index (χ2v) is 5.11. The largest absolute Gasteiger partial charge is 0.347 e. The van der Waals surface area contributed by atoms with E-state index in [1.807, 2.05) is 42.2 Å². The van der Waals surface area contributed by atoms with Crippen molar-refractivity contribution in [1.29, 1.82) is 10.5 Å². The molecule has 22 heavy (non-hydrogen) atoms. The number of hydrogen-bond donors (Lipinski definition) is 0. The highest BCUT2D eigenvalue weighted by molar-refractivity contribution is 14.1. The van der Waals surface area contributed by atoms with Crippen LogP contribution in [0.3, 0.4) is 0 Å². The maximum Gasteiger partial charge on any atom is 0.137 e. The van der Waals surface area contributed by atoms with Crippen LogP contribution in [0, 0.1) is 34.5 Å². The standard InChI is InChI=1S/C17H15IN4/c1-14-10-16(17(12-19)13-20)11-15(2)22(14)9-8-21-7-5-3-4-6-18/h4,6-7,10-11H,8-9H2,1-2H3/b6-4-,21-7?. The molecule has 0 spiro atoms. The summed E-state index contributed by atoms with van der Waals surface area (Å²) in [6.45, 7) is 5.27. The summed E-state index contributed by atoms with van der Waals surface area (Å²) in [4.78, 5) is 6.35. The highest BCUT2D eigenvalue weighted by atomic mass is 127. The van der Waals surface area contributed by atoms with Gasteiger partial charge in [0.2, 0.25) is 0 Å². The molecular weight excluding hydrogens is 387 g/mol. The summed E-state index contributed by atoms with van der Waals surface area (Å²) < 4.78 is 1.84. The van der Waals surface area contributed by atoms with E-state index >= 15 is 0 Å². The lowest BCUT2D eigenvalue weighted by molar-refractivity contribution is 0.434. The van der Waals surface area contributed by atoms with Crippen molar-refractivity contribution in [3.8, 4) is 24.0 Å². The van der Waals surface area contributed by atoms with Crippen molar-refractivity contribution >= 4 is 28.8 Å². The first kappa shape index (κ1) is 17.8. The average Bonchev–Trinajstić information content (AvgIpc) is 2.50. The Morgan fingerprint density at radius 2 is 1.86 bits per heavy atom. The summed E-state index contributed by atoms with van der Waals surface area (Å²) in [5.41, 5.74) is 2.78. The van der Waals surface area contributed by atoms with Crippen molar-refractivity contribution in [2.75, 3.05) is 13.1 Å². The van der Waals surface area contributed by atoms with Gasteiger partial charge in [-0.2, -0.15) is 10.5 Å². The van der Waals surface area contributed by atoms with E-state index in [1.54, 1.807) is 12.3 Å². The third-order valence-corrected chi connectivity index (χ3v) is 3.29. The van der Waals surface area contributed by atoms with Crippen LogP contribution >= 0.6 is 22.6 Å². The Hall–Kier alpha value is -2.30. The van der Waals surface area contributed by atoms with Crippen molar-refractivity contribution in [3.63, 3.8) is 0 Å². The van der Waals surface area contributed by atoms with Gasteiger partial charge in [0, 0.05) is 23.5 Å². The van der Waals surface area contributed by atoms with E-state index in [0.717, 1.165) is 17.9 Å². The molecule has 0 aromatic heterocycles. The molecule has 1 aliphatic rings. The first-order chi connectivity index (χ1) is 10.6. The molecular formula is C17H15IN4. The summed E-state index contributed by atoms with van der Waals surface area (Å²) in [6, 6.07) is 3.84. The molecule has 0 bridgehead atoms. The van der Waals surface area contributed by atoms with E-state index in [0.29, 0.717) is 12.1 Å². The number of rotatable bonds is 3. The van der Waals surface area contributed by atoms with Gasteiger partial charge in [-0.15, -0.1) is 0 Å². The fourth-order valence-electron chi connectivity index (χ4n) is 1.96. The number of nitriles is 2. The van der Waals surface area contributed by atoms with Crippen molar-refractivity contribution < 1.29 is 0 Å². The minimum Gasteiger partial charge on any atom is -0.347 e. The maximum atomic E-state index is 8.94. The minimum atomic E-state index is 0.134. The Morgan fingerprint density at radius 3 is 2.41 bits per heavy atom. The van der Waals surface area contributed by atoms with Crippen LogP contribution in [0.5, 0.6) is 0 Å². The van der Waals surface area contributed by atoms with Gasteiger partial charge in [0.1, 0.15) is 17.7 Å². The Bertz CT molecular complexity index is 674. The van der Waals surface area contributed by atoms with E-state index in [9.17, 15) is 0 Å². The van der Waals surface area contributed by atoms with Crippen LogP contribution in [-0.2, 0) is 0 Å². The topological polar surface area (TPSA) is 63.2 Å². The van der Waals surface area contributed by atoms with Crippen molar-refractivity contribution in [1.82, 2.24) is 4.90 Å². The van der Waals surface area contributed by atoms with Crippen molar-refractivity contribution in [2.45, 2.75) is 13.8 Å². The van der Waals surface area contributed by atoms with E-state index in [1.165, 1.54) is 0 Å². The lowest BCUT2D eigenvalue weighted by Crippen LogP contribution is -2.25. The third-order valence-electron chi connectivity index (χ3n) is 2.93. The summed E-state index contributed by atoms with van der Waals surface area (Å²) in [6.07, 6.45) is 7.06. The van der Waals surface area contributed by atoms with Crippen LogP contribution in [0.15, 0.2) is 49.8 Å². The van der Waals surface area contributed by atoms with Crippen molar-refractivity contribution in [3.05, 3.63) is 44.9 Å². The van der Waals surface area contributed by atoms with Crippen LogP contribution in [0.2, 0.25) is 0 Å². The molecule has 0 radical (unpaired) electrons. The smallest absolute Gasteiger partial charge is 0.137 e. The van der Waals surface area contributed by atoms with Gasteiger partial charge in [0.05, 0.1) is 12.8 Å². The number of hydrogen-bond acceptors (Lipinski definition) is 4. The summed E-state index contributed by atoms with van der Waals surface area (Å²) in [5, 5.41) is 17.9. The lowest BCUT2D eigenvalue weighted by atomic mass is 10.0. The minimum absolute atomic E-state index is 0.134. The zero-order valence-electron chi connectivity index (χ0n) is 12.5. The van der Waals surface area contributed by atoms with Gasteiger partial charge in [0.25, 0.3) is 0 Å². The first-order valence-corrected chi connectivity index (χ1v) is 7.81. The van der Waals surface area contributed by atoms with Crippen molar-refractivity contribution in [2.24, 2.45) is 4.99 Å². The molecule has 0 N–H and O–H groups in total. The van der Waals surface area contributed by atoms with E-state index < -0.39 is 0 Å². The van der Waals surface area contributed by atoms with Gasteiger partial charge in [-0.3, -0.25) is 4.99 Å². The van der Waals surface area contributed by atoms with Crippen LogP contribution in [-0.4, -0.2) is 24.2 Å². The number of halogens is 1. The number of allylic oxidation sites excluding steroid dienone is 7. The van der Waals surface area contributed by atoms with Gasteiger partial charge in [-0.05, 0) is 36.2 Å². The van der Waals surface area contributed by atoms with Gasteiger partial charge in [0.15, 0.2) is 0 Å². The third kappa shape index (κ3) is 5.24. The Kier molecular flexibility index (Phi) is 7.75. The SMILES string of the molecule is CC1=CC(=C(C#N)C#N)C=C(C)N1CCN=CC#C/C=C\I. The second-order valence-electron chi connectivity index (χ2n) is 4.39. The fraction of sp³-hybridized carbons (Fsp3) is 0.235. The molecule has 0 amide bonds. The number of aliphatic imine (C=N–C) groups is 1. The van der Waals surface area contributed by atoms with Crippen LogP contribution in [0.25, 0.3) is 0 Å². The molecule has 1 heterocycles. The normalized spacial score (nSPS) is 14.0. The highest BCUT2D eigenvalue weighted by Gasteiger charge is 2.15. The van der Waals surface area contributed by atoms with Gasteiger partial charge in [-0.25, -0.2) is 0 Å². The summed E-state index contributed by atoms with van der Waals surface area (Å²) in [7, 11) is 0. The highest BCUT2D eigenvalue weighted by Crippen LogP contribution is 2.23. The van der Waals surface area contributed by atoms with Gasteiger partial charge < -0.3 is 4.90 Å². The van der Waals surface area contributed by atoms with Gasteiger partial charge >= 0.3 is 0 Å². The van der Waals surface area contributed by atoms with E-state index in [-0.39, 0.29) is 5.57 Å². The molecule has 0 aromatic rings. The Morgan fingerprint density at radius 1 is 1.23 bits per heavy atom. The molecule has 4 nitrogen and oxygen atoms in total. The van der Waals surface area contributed by atoms with Crippen LogP contribution in [0.1, 0.15) is 13.8 Å². The van der Waals surface area contributed by atoms with Crippen LogP contribution in [0.4, 0.5) is 0 Å². The lowest BCUT2D eigenvalue weighted by Gasteiger charge is -2.29. The molecule has 110 valence electrons. The molecule has 1 aliphatic heterocycles. The zero-order chi connectivity index (χ0) is 16.4. The fourth-order valence-corrected chi connectivity index (χ4v) is 2.14. The quantitative estimate of drug-likeness (QED) is 0.314. The van der Waals surface area contributed by atoms with E-state index in [2.05, 4.69) is 44.3 Å². The second kappa shape index (κ2) is 9.60. The zero-order valence-corrected chi connectivity index (χ0v) is 14.6. The van der Waals surface area contributed by atoms with E-state index in [4.69, 9.17) is 10.5 Å². The molecule has 5 heteroatoms. The molecule has 0 saturated carbocycles. The molecule has 0 aliphatic carbocycles. The molecule has 0 saturated heterocycles. The monoisotopic (exact) mass is 402 g/mol. The van der Waals surface area contributed by atoms with Crippen LogP contribution < -0.4 is 0 Å². The predicted octanol–water partition coefficient (Wildman–Crippen LogP) is 3.48. The molecule has 0 fully saturated rings.